The van der Waals surface area contributed by atoms with Crippen molar-refractivity contribution < 1.29 is 14.0 Å². The van der Waals surface area contributed by atoms with E-state index in [9.17, 15) is 14.0 Å². The number of carbonyl (C=O) groups is 2. The molecule has 2 amide bonds. The fourth-order valence-electron chi connectivity index (χ4n) is 2.71. The minimum absolute atomic E-state index is 0.250. The van der Waals surface area contributed by atoms with Crippen LogP contribution in [0.1, 0.15) is 29.3 Å². The van der Waals surface area contributed by atoms with E-state index < -0.39 is 6.04 Å². The molecule has 4 nitrogen and oxygen atoms in total. The maximum Gasteiger partial charge on any atom is 0.243 e. The third-order valence-corrected chi connectivity index (χ3v) is 4.27. The van der Waals surface area contributed by atoms with Gasteiger partial charge in [-0.3, -0.25) is 19.8 Å². The van der Waals surface area contributed by atoms with E-state index in [1.54, 1.807) is 6.07 Å². The van der Waals surface area contributed by atoms with Gasteiger partial charge in [-0.1, -0.05) is 12.1 Å². The largest absolute Gasteiger partial charge is 0.295 e. The molecule has 0 aromatic heterocycles. The molecule has 2 aliphatic rings. The van der Waals surface area contributed by atoms with Crippen LogP contribution in [0.25, 0.3) is 0 Å². The summed E-state index contributed by atoms with van der Waals surface area (Å²) in [6.45, 7) is 0.350. The minimum atomic E-state index is -0.424. The normalized spacial score (nSPS) is 27.3. The van der Waals surface area contributed by atoms with Crippen molar-refractivity contribution in [3.05, 3.63) is 35.1 Å². The zero-order chi connectivity index (χ0) is 13.6. The molecule has 3 rings (SSSR count). The third kappa shape index (κ3) is 2.04. The summed E-state index contributed by atoms with van der Waals surface area (Å²) in [7, 11) is 0. The van der Waals surface area contributed by atoms with E-state index in [2.05, 4.69) is 17.9 Å². The Morgan fingerprint density at radius 2 is 2.16 bits per heavy atom. The number of halogens is 1. The van der Waals surface area contributed by atoms with Gasteiger partial charge in [0, 0.05) is 18.5 Å². The van der Waals surface area contributed by atoms with Gasteiger partial charge < -0.3 is 0 Å². The monoisotopic (exact) mass is 280 g/mol. The van der Waals surface area contributed by atoms with Crippen LogP contribution in [0.15, 0.2) is 18.2 Å². The first-order valence-corrected chi connectivity index (χ1v) is 6.64. The molecule has 0 radical (unpaired) electrons. The second kappa shape index (κ2) is 4.61. The molecule has 100 valence electrons. The predicted octanol–water partition coefficient (Wildman–Crippen LogP) is 1.37. The van der Waals surface area contributed by atoms with Crippen LogP contribution in [0, 0.1) is 5.82 Å². The molecule has 2 atom stereocenters. The van der Waals surface area contributed by atoms with Crippen LogP contribution in [0.3, 0.4) is 0 Å². The summed E-state index contributed by atoms with van der Waals surface area (Å²) < 4.78 is 13.7. The highest BCUT2D eigenvalue weighted by Gasteiger charge is 2.39. The maximum atomic E-state index is 13.7. The van der Waals surface area contributed by atoms with Gasteiger partial charge in [0.25, 0.3) is 0 Å². The number of rotatable bonds is 1. The van der Waals surface area contributed by atoms with Gasteiger partial charge in [0.2, 0.25) is 11.8 Å². The van der Waals surface area contributed by atoms with Crippen LogP contribution in [-0.4, -0.2) is 22.8 Å². The summed E-state index contributed by atoms with van der Waals surface area (Å²) in [5, 5.41) is 2.01. The fraction of sp³-hybridized carbons (Fsp3) is 0.385. The van der Waals surface area contributed by atoms with E-state index in [1.807, 2.05) is 11.0 Å². The van der Waals surface area contributed by atoms with Gasteiger partial charge in [0.1, 0.15) is 5.82 Å². The Labute approximate surface area is 115 Å². The molecule has 0 saturated carbocycles. The molecule has 0 spiro atoms. The predicted molar refractivity (Wildman–Crippen MR) is 69.8 cm³/mol. The van der Waals surface area contributed by atoms with E-state index in [4.69, 9.17) is 0 Å². The first-order chi connectivity index (χ1) is 9.08. The van der Waals surface area contributed by atoms with E-state index in [-0.39, 0.29) is 23.0 Å². The molecular formula is C13H13FN2O2S. The lowest BCUT2D eigenvalue weighted by Crippen LogP contribution is -2.51. The SMILES string of the molecule is O=C1CCC(N2Cc3c(F)cccc3C2S)C(=O)N1. The standard InChI is InChI=1S/C13H13FN2O2S/c14-9-3-1-2-7-8(9)6-16(13(7)19)10-4-5-11(17)15-12(10)18/h1-3,10,13,19H,4-6H2,(H,15,17,18). The summed E-state index contributed by atoms with van der Waals surface area (Å²) in [5.74, 6) is -0.838. The number of carbonyl (C=O) groups excluding carboxylic acids is 2. The van der Waals surface area contributed by atoms with Gasteiger partial charge in [0.05, 0.1) is 11.4 Å². The average molecular weight is 280 g/mol. The minimum Gasteiger partial charge on any atom is -0.295 e. The van der Waals surface area contributed by atoms with Crippen LogP contribution in [0.4, 0.5) is 4.39 Å². The van der Waals surface area contributed by atoms with Crippen LogP contribution in [0.5, 0.6) is 0 Å². The quantitative estimate of drug-likeness (QED) is 0.603. The first-order valence-electron chi connectivity index (χ1n) is 6.12. The number of amides is 2. The van der Waals surface area contributed by atoms with Crippen molar-refractivity contribution in [1.29, 1.82) is 0 Å². The number of nitrogens with zero attached hydrogens (tertiary/aromatic N) is 1. The topological polar surface area (TPSA) is 49.4 Å². The Kier molecular flexibility index (Phi) is 3.06. The van der Waals surface area contributed by atoms with Crippen molar-refractivity contribution in [2.75, 3.05) is 0 Å². The molecule has 2 unspecified atom stereocenters. The van der Waals surface area contributed by atoms with Crippen LogP contribution < -0.4 is 5.32 Å². The highest BCUT2D eigenvalue weighted by molar-refractivity contribution is 7.80. The lowest BCUT2D eigenvalue weighted by Gasteiger charge is -2.32. The molecule has 0 aliphatic carbocycles. The second-order valence-electron chi connectivity index (χ2n) is 4.82. The number of benzene rings is 1. The van der Waals surface area contributed by atoms with E-state index in [0.29, 0.717) is 24.9 Å². The average Bonchev–Trinajstić information content (AvgIpc) is 2.69. The first kappa shape index (κ1) is 12.6. The Bertz CT molecular complexity index is 564. The number of fused-ring (bicyclic) bond motifs is 1. The molecule has 19 heavy (non-hydrogen) atoms. The summed E-state index contributed by atoms with van der Waals surface area (Å²) in [4.78, 5) is 24.9. The van der Waals surface area contributed by atoms with Gasteiger partial charge in [-0.15, -0.1) is 0 Å². The van der Waals surface area contributed by atoms with Gasteiger partial charge in [-0.25, -0.2) is 4.39 Å². The molecule has 1 aromatic rings. The Morgan fingerprint density at radius 3 is 2.84 bits per heavy atom. The lowest BCUT2D eigenvalue weighted by molar-refractivity contribution is -0.137. The summed E-state index contributed by atoms with van der Waals surface area (Å²) in [6, 6.07) is 4.45. The Hall–Kier alpha value is -1.40. The van der Waals surface area contributed by atoms with Crippen molar-refractivity contribution in [3.63, 3.8) is 0 Å². The summed E-state index contributed by atoms with van der Waals surface area (Å²) in [5.41, 5.74) is 1.39. The maximum absolute atomic E-state index is 13.7. The van der Waals surface area contributed by atoms with Crippen molar-refractivity contribution in [1.82, 2.24) is 10.2 Å². The van der Waals surface area contributed by atoms with Crippen molar-refractivity contribution in [2.24, 2.45) is 0 Å². The zero-order valence-corrected chi connectivity index (χ0v) is 11.0. The zero-order valence-electron chi connectivity index (χ0n) is 10.1. The smallest absolute Gasteiger partial charge is 0.243 e. The van der Waals surface area contributed by atoms with Crippen molar-refractivity contribution in [3.8, 4) is 0 Å². The molecule has 0 bridgehead atoms. The van der Waals surface area contributed by atoms with Gasteiger partial charge in [-0.2, -0.15) is 12.6 Å². The highest BCUT2D eigenvalue weighted by atomic mass is 32.1. The van der Waals surface area contributed by atoms with Gasteiger partial charge in [0.15, 0.2) is 0 Å². The molecule has 1 saturated heterocycles. The number of imide groups is 1. The molecule has 1 N–H and O–H groups in total. The lowest BCUT2D eigenvalue weighted by atomic mass is 10.0. The Balaban J connectivity index is 1.87. The van der Waals surface area contributed by atoms with E-state index in [0.717, 1.165) is 5.56 Å². The number of piperidine rings is 1. The van der Waals surface area contributed by atoms with Crippen molar-refractivity contribution >= 4 is 24.4 Å². The number of hydrogen-bond donors (Lipinski definition) is 2. The molecule has 1 aromatic carbocycles. The van der Waals surface area contributed by atoms with Crippen LogP contribution in [-0.2, 0) is 16.1 Å². The number of hydrogen-bond acceptors (Lipinski definition) is 4. The number of nitrogens with one attached hydrogen (secondary N) is 1. The van der Waals surface area contributed by atoms with E-state index >= 15 is 0 Å². The fourth-order valence-corrected chi connectivity index (χ4v) is 3.20. The molecule has 6 heteroatoms. The summed E-state index contributed by atoms with van der Waals surface area (Å²) in [6.07, 6.45) is 0.767. The molecule has 2 aliphatic heterocycles. The van der Waals surface area contributed by atoms with Gasteiger partial charge >= 0.3 is 0 Å². The van der Waals surface area contributed by atoms with Crippen LogP contribution in [0.2, 0.25) is 0 Å². The molecule has 1 fully saturated rings. The Morgan fingerprint density at radius 1 is 1.37 bits per heavy atom. The van der Waals surface area contributed by atoms with Crippen molar-refractivity contribution in [2.45, 2.75) is 30.8 Å². The number of thiol groups is 1. The highest BCUT2D eigenvalue weighted by Crippen LogP contribution is 2.39. The summed E-state index contributed by atoms with van der Waals surface area (Å²) >= 11 is 4.48. The van der Waals surface area contributed by atoms with Gasteiger partial charge in [-0.05, 0) is 18.1 Å². The van der Waals surface area contributed by atoms with E-state index in [1.165, 1.54) is 6.07 Å². The third-order valence-electron chi connectivity index (χ3n) is 3.70. The molecular weight excluding hydrogens is 267 g/mol. The van der Waals surface area contributed by atoms with Crippen LogP contribution >= 0.6 is 12.6 Å². The molecule has 2 heterocycles. The second-order valence-corrected chi connectivity index (χ2v) is 5.31.